The number of hydrogen-bond acceptors (Lipinski definition) is 5. The second kappa shape index (κ2) is 6.19. The molecule has 1 N–H and O–H groups in total. The largest absolute Gasteiger partial charge is 0.493 e. The molecule has 2 aromatic rings. The minimum atomic E-state index is -4.54. The van der Waals surface area contributed by atoms with Crippen molar-refractivity contribution < 1.29 is 32.2 Å². The highest BCUT2D eigenvalue weighted by Crippen LogP contribution is 2.43. The number of methoxy groups -OCH3 is 2. The summed E-state index contributed by atoms with van der Waals surface area (Å²) in [4.78, 5) is 12.2. The predicted octanol–water partition coefficient (Wildman–Crippen LogP) is 4.00. The van der Waals surface area contributed by atoms with Gasteiger partial charge in [0.1, 0.15) is 5.56 Å². The number of benzene rings is 2. The fourth-order valence-electron chi connectivity index (χ4n) is 2.71. The third-order valence-corrected chi connectivity index (χ3v) is 3.81. The number of alkyl halides is 3. The molecule has 132 valence electrons. The summed E-state index contributed by atoms with van der Waals surface area (Å²) in [7, 11) is 2.78. The Bertz CT molecular complexity index is 820. The summed E-state index contributed by atoms with van der Waals surface area (Å²) in [5.74, 6) is -0.194. The van der Waals surface area contributed by atoms with E-state index < -0.39 is 23.9 Å². The van der Waals surface area contributed by atoms with Crippen LogP contribution in [0.25, 0.3) is 0 Å². The average molecular weight is 353 g/mol. The molecule has 0 fully saturated rings. The highest BCUT2D eigenvalue weighted by molar-refractivity contribution is 5.98. The minimum absolute atomic E-state index is 0.129. The van der Waals surface area contributed by atoms with Crippen LogP contribution < -0.4 is 14.8 Å². The first kappa shape index (κ1) is 16.9. The molecule has 2 aromatic carbocycles. The van der Waals surface area contributed by atoms with Crippen LogP contribution in [0.3, 0.4) is 0 Å². The summed E-state index contributed by atoms with van der Waals surface area (Å²) < 4.78 is 54.9. The van der Waals surface area contributed by atoms with Crippen LogP contribution in [-0.4, -0.2) is 20.2 Å². The van der Waals surface area contributed by atoms with Crippen LogP contribution in [0.15, 0.2) is 36.4 Å². The number of ether oxygens (including phenoxy) is 3. The maximum absolute atomic E-state index is 13.1. The van der Waals surface area contributed by atoms with Crippen molar-refractivity contribution in [2.45, 2.75) is 12.4 Å². The number of fused-ring (bicyclic) bond motifs is 1. The van der Waals surface area contributed by atoms with Gasteiger partial charge in [-0.3, -0.25) is 0 Å². The Labute approximate surface area is 141 Å². The van der Waals surface area contributed by atoms with Gasteiger partial charge in [-0.15, -0.1) is 0 Å². The van der Waals surface area contributed by atoms with Crippen molar-refractivity contribution in [1.29, 1.82) is 0 Å². The monoisotopic (exact) mass is 353 g/mol. The Morgan fingerprint density at radius 1 is 1.08 bits per heavy atom. The number of carbonyl (C=O) groups is 1. The van der Waals surface area contributed by atoms with E-state index >= 15 is 0 Å². The van der Waals surface area contributed by atoms with E-state index in [0.29, 0.717) is 11.3 Å². The molecule has 5 nitrogen and oxygen atoms in total. The van der Waals surface area contributed by atoms with Gasteiger partial charge in [0, 0.05) is 11.3 Å². The van der Waals surface area contributed by atoms with Gasteiger partial charge in [-0.1, -0.05) is 12.1 Å². The molecule has 1 heterocycles. The first-order valence-electron chi connectivity index (χ1n) is 7.25. The topological polar surface area (TPSA) is 56.8 Å². The summed E-state index contributed by atoms with van der Waals surface area (Å²) >= 11 is 0. The van der Waals surface area contributed by atoms with Gasteiger partial charge in [-0.25, -0.2) is 4.79 Å². The molecule has 0 saturated carbocycles. The number of rotatable bonds is 4. The zero-order valence-corrected chi connectivity index (χ0v) is 13.3. The zero-order chi connectivity index (χ0) is 18.2. The zero-order valence-electron chi connectivity index (χ0n) is 13.3. The molecule has 0 aliphatic carbocycles. The van der Waals surface area contributed by atoms with Crippen molar-refractivity contribution in [2.24, 2.45) is 0 Å². The van der Waals surface area contributed by atoms with E-state index in [0.717, 1.165) is 6.07 Å². The molecule has 0 saturated heterocycles. The van der Waals surface area contributed by atoms with E-state index in [1.54, 1.807) is 12.1 Å². The van der Waals surface area contributed by atoms with E-state index in [4.69, 9.17) is 14.2 Å². The van der Waals surface area contributed by atoms with Gasteiger partial charge in [0.2, 0.25) is 6.23 Å². The van der Waals surface area contributed by atoms with E-state index in [1.807, 2.05) is 0 Å². The van der Waals surface area contributed by atoms with Gasteiger partial charge >= 0.3 is 12.1 Å². The molecular weight excluding hydrogens is 339 g/mol. The highest BCUT2D eigenvalue weighted by atomic mass is 19.4. The molecule has 25 heavy (non-hydrogen) atoms. The van der Waals surface area contributed by atoms with Crippen molar-refractivity contribution in [2.75, 3.05) is 19.5 Å². The van der Waals surface area contributed by atoms with Crippen LogP contribution >= 0.6 is 0 Å². The molecule has 1 aliphatic rings. The normalized spacial score (nSPS) is 16.2. The molecule has 0 spiro atoms. The molecule has 1 unspecified atom stereocenters. The molecule has 0 aromatic heterocycles. The van der Waals surface area contributed by atoms with Crippen molar-refractivity contribution in [1.82, 2.24) is 0 Å². The Kier molecular flexibility index (Phi) is 4.20. The number of anilines is 1. The highest BCUT2D eigenvalue weighted by Gasteiger charge is 2.38. The molecule has 0 bridgehead atoms. The van der Waals surface area contributed by atoms with Gasteiger partial charge < -0.3 is 19.5 Å². The minimum Gasteiger partial charge on any atom is -0.493 e. The van der Waals surface area contributed by atoms with Gasteiger partial charge in [0.05, 0.1) is 19.8 Å². The number of para-hydroxylation sites is 1. The van der Waals surface area contributed by atoms with E-state index in [1.165, 1.54) is 32.4 Å². The fourth-order valence-corrected chi connectivity index (χ4v) is 2.71. The van der Waals surface area contributed by atoms with Gasteiger partial charge in [-0.2, -0.15) is 13.2 Å². The van der Waals surface area contributed by atoms with Crippen LogP contribution in [0, 0.1) is 0 Å². The van der Waals surface area contributed by atoms with E-state index in [2.05, 4.69) is 5.32 Å². The third-order valence-electron chi connectivity index (χ3n) is 3.81. The van der Waals surface area contributed by atoms with Crippen molar-refractivity contribution in [3.05, 3.63) is 53.1 Å². The average Bonchev–Trinajstić information content (AvgIpc) is 2.89. The number of esters is 1. The van der Waals surface area contributed by atoms with Crippen molar-refractivity contribution >= 4 is 11.7 Å². The molecule has 0 amide bonds. The molecule has 1 aliphatic heterocycles. The number of cyclic esters (lactones) is 1. The summed E-state index contributed by atoms with van der Waals surface area (Å²) in [5, 5.41) is 2.63. The molecule has 0 radical (unpaired) electrons. The number of halogens is 3. The molecule has 8 heteroatoms. The first-order valence-corrected chi connectivity index (χ1v) is 7.25. The first-order chi connectivity index (χ1) is 11.9. The van der Waals surface area contributed by atoms with Crippen LogP contribution in [-0.2, 0) is 10.9 Å². The van der Waals surface area contributed by atoms with E-state index in [9.17, 15) is 18.0 Å². The lowest BCUT2D eigenvalue weighted by molar-refractivity contribution is -0.137. The summed E-state index contributed by atoms with van der Waals surface area (Å²) in [5.41, 5.74) is -0.529. The third kappa shape index (κ3) is 2.95. The number of nitrogens with one attached hydrogen (secondary N) is 1. The number of hydrogen-bond donors (Lipinski definition) is 1. The van der Waals surface area contributed by atoms with Gasteiger partial charge in [0.25, 0.3) is 0 Å². The van der Waals surface area contributed by atoms with Crippen LogP contribution in [0.5, 0.6) is 11.5 Å². The Morgan fingerprint density at radius 3 is 2.44 bits per heavy atom. The Balaban J connectivity index is 2.01. The van der Waals surface area contributed by atoms with Gasteiger partial charge in [0.15, 0.2) is 11.5 Å². The number of carbonyl (C=O) groups excluding carboxylic acids is 1. The van der Waals surface area contributed by atoms with Crippen LogP contribution in [0.4, 0.5) is 18.9 Å². The summed E-state index contributed by atoms with van der Waals surface area (Å²) in [6.07, 6.45) is -5.60. The standard InChI is InChI=1S/C17H14F3NO4/c1-23-12-8-7-9-13(14(12)24-2)16(22)25-15(9)21-11-6-4-3-5-10(11)17(18,19)20/h3-8,15,21H,1-2H3. The molecular formula is C17H14F3NO4. The SMILES string of the molecule is COc1ccc2c(c1OC)C(=O)OC2Nc1ccccc1C(F)(F)F. The Hall–Kier alpha value is -2.90. The lowest BCUT2D eigenvalue weighted by Crippen LogP contribution is -2.15. The van der Waals surface area contributed by atoms with Crippen molar-refractivity contribution in [3.63, 3.8) is 0 Å². The lowest BCUT2D eigenvalue weighted by Gasteiger charge is -2.18. The second-order valence-corrected chi connectivity index (χ2v) is 5.24. The Morgan fingerprint density at radius 2 is 1.80 bits per heavy atom. The predicted molar refractivity (Wildman–Crippen MR) is 82.8 cm³/mol. The lowest BCUT2D eigenvalue weighted by atomic mass is 10.1. The summed E-state index contributed by atoms with van der Waals surface area (Å²) in [6, 6.07) is 8.09. The maximum Gasteiger partial charge on any atom is 0.418 e. The quantitative estimate of drug-likeness (QED) is 0.842. The van der Waals surface area contributed by atoms with Gasteiger partial charge in [-0.05, 0) is 24.3 Å². The molecule has 3 rings (SSSR count). The van der Waals surface area contributed by atoms with Crippen LogP contribution in [0.2, 0.25) is 0 Å². The fraction of sp³-hybridized carbons (Fsp3) is 0.235. The summed E-state index contributed by atoms with van der Waals surface area (Å²) in [6.45, 7) is 0. The smallest absolute Gasteiger partial charge is 0.418 e. The molecule has 1 atom stereocenters. The van der Waals surface area contributed by atoms with Crippen molar-refractivity contribution in [3.8, 4) is 11.5 Å². The van der Waals surface area contributed by atoms with Crippen LogP contribution in [0.1, 0.15) is 27.7 Å². The maximum atomic E-state index is 13.1. The second-order valence-electron chi connectivity index (χ2n) is 5.24. The van der Waals surface area contributed by atoms with E-state index in [-0.39, 0.29) is 17.0 Å².